The number of isothiocyanates is 1. The van der Waals surface area contributed by atoms with Gasteiger partial charge in [-0.2, -0.15) is 0 Å². The van der Waals surface area contributed by atoms with E-state index in [0.717, 1.165) is 12.8 Å². The summed E-state index contributed by atoms with van der Waals surface area (Å²) < 4.78 is 0. The van der Waals surface area contributed by atoms with E-state index in [1.807, 2.05) is 0 Å². The molecule has 11 heavy (non-hydrogen) atoms. The van der Waals surface area contributed by atoms with Crippen LogP contribution < -0.4 is 5.32 Å². The zero-order chi connectivity index (χ0) is 8.27. The molecule has 0 aromatic carbocycles. The summed E-state index contributed by atoms with van der Waals surface area (Å²) in [5.41, 5.74) is 0. The lowest BCUT2D eigenvalue weighted by Gasteiger charge is -2.31. The predicted molar refractivity (Wildman–Crippen MR) is 45.7 cm³/mol. The molecule has 0 bridgehead atoms. The van der Waals surface area contributed by atoms with Crippen LogP contribution in [0.5, 0.6) is 0 Å². The molecule has 0 aromatic rings. The summed E-state index contributed by atoms with van der Waals surface area (Å²) >= 11 is 4.45. The second-order valence-electron chi connectivity index (χ2n) is 2.74. The van der Waals surface area contributed by atoms with Gasteiger partial charge in [-0.05, 0) is 25.1 Å². The number of nitrogens with zero attached hydrogens (tertiary/aromatic N) is 1. The second kappa shape index (κ2) is 3.60. The lowest BCUT2D eigenvalue weighted by atomic mass is 9.87. The van der Waals surface area contributed by atoms with Crippen molar-refractivity contribution < 1.29 is 4.79 Å². The molecule has 1 amide bonds. The van der Waals surface area contributed by atoms with Gasteiger partial charge in [-0.25, -0.2) is 4.99 Å². The van der Waals surface area contributed by atoms with Gasteiger partial charge in [0.05, 0.1) is 11.2 Å². The molecule has 0 unspecified atom stereocenters. The molecule has 0 heterocycles. The van der Waals surface area contributed by atoms with Gasteiger partial charge in [0.2, 0.25) is 5.91 Å². The standard InChI is InChI=1S/C7H10N2OS/c1-5(10)9-7-2-6(3-7)8-4-11/h6-7H,2-3H2,1H3,(H,9,10)/t6-,7+. The molecule has 1 aliphatic rings. The number of hydrogen-bond acceptors (Lipinski definition) is 3. The Morgan fingerprint density at radius 3 is 2.82 bits per heavy atom. The first-order valence-electron chi connectivity index (χ1n) is 3.56. The van der Waals surface area contributed by atoms with Crippen LogP contribution in [-0.2, 0) is 4.79 Å². The Hall–Kier alpha value is -0.730. The Bertz CT molecular complexity index is 204. The molecule has 1 rings (SSSR count). The number of thiocarbonyl (C=S) groups is 1. The zero-order valence-electron chi connectivity index (χ0n) is 6.33. The van der Waals surface area contributed by atoms with Crippen LogP contribution in [0, 0.1) is 0 Å². The van der Waals surface area contributed by atoms with Crippen molar-refractivity contribution in [1.82, 2.24) is 5.32 Å². The first-order valence-corrected chi connectivity index (χ1v) is 3.97. The molecule has 1 aliphatic carbocycles. The summed E-state index contributed by atoms with van der Waals surface area (Å²) in [5.74, 6) is 0.0276. The molecule has 0 aliphatic heterocycles. The number of carbonyl (C=O) groups is 1. The number of rotatable bonds is 2. The van der Waals surface area contributed by atoms with E-state index in [0.29, 0.717) is 12.1 Å². The fourth-order valence-corrected chi connectivity index (χ4v) is 1.32. The Labute approximate surface area is 70.9 Å². The Balaban J connectivity index is 2.19. The predicted octanol–water partition coefficient (Wildman–Crippen LogP) is 0.756. The molecule has 60 valence electrons. The maximum Gasteiger partial charge on any atom is 0.217 e. The van der Waals surface area contributed by atoms with Gasteiger partial charge >= 0.3 is 0 Å². The molecule has 0 radical (unpaired) electrons. The van der Waals surface area contributed by atoms with Crippen LogP contribution in [0.2, 0.25) is 0 Å². The highest BCUT2D eigenvalue weighted by atomic mass is 32.1. The fraction of sp³-hybridized carbons (Fsp3) is 0.714. The van der Waals surface area contributed by atoms with E-state index in [1.54, 1.807) is 0 Å². The number of carbonyl (C=O) groups excluding carboxylic acids is 1. The van der Waals surface area contributed by atoms with Crippen LogP contribution >= 0.6 is 12.2 Å². The molecule has 0 spiro atoms. The zero-order valence-corrected chi connectivity index (χ0v) is 7.15. The lowest BCUT2D eigenvalue weighted by Crippen LogP contribution is -2.45. The Morgan fingerprint density at radius 1 is 1.73 bits per heavy atom. The average Bonchev–Trinajstić information content (AvgIpc) is 1.82. The van der Waals surface area contributed by atoms with E-state index in [9.17, 15) is 4.79 Å². The van der Waals surface area contributed by atoms with E-state index >= 15 is 0 Å². The van der Waals surface area contributed by atoms with Gasteiger partial charge in [-0.15, -0.1) is 0 Å². The summed E-state index contributed by atoms with van der Waals surface area (Å²) in [5, 5.41) is 5.15. The molecule has 0 aromatic heterocycles. The molecular weight excluding hydrogens is 160 g/mol. The van der Waals surface area contributed by atoms with Gasteiger partial charge in [0, 0.05) is 13.0 Å². The number of amides is 1. The molecular formula is C7H10N2OS. The summed E-state index contributed by atoms with van der Waals surface area (Å²) in [4.78, 5) is 14.4. The number of aliphatic imine (C=N–C) groups is 1. The van der Waals surface area contributed by atoms with Crippen LogP contribution in [-0.4, -0.2) is 23.2 Å². The van der Waals surface area contributed by atoms with Crippen LogP contribution in [0.25, 0.3) is 0 Å². The Kier molecular flexibility index (Phi) is 2.74. The highest BCUT2D eigenvalue weighted by Gasteiger charge is 2.28. The van der Waals surface area contributed by atoms with Gasteiger partial charge < -0.3 is 5.32 Å². The third-order valence-corrected chi connectivity index (χ3v) is 1.86. The smallest absolute Gasteiger partial charge is 0.217 e. The van der Waals surface area contributed by atoms with E-state index in [1.165, 1.54) is 6.92 Å². The molecule has 1 N–H and O–H groups in total. The SMILES string of the molecule is CC(=O)N[C@H]1C[C@@H](N=C=S)C1. The molecule has 0 atom stereocenters. The summed E-state index contributed by atoms with van der Waals surface area (Å²) in [6.45, 7) is 1.52. The quantitative estimate of drug-likeness (QED) is 0.491. The topological polar surface area (TPSA) is 41.5 Å². The van der Waals surface area contributed by atoms with Crippen LogP contribution in [0.4, 0.5) is 0 Å². The van der Waals surface area contributed by atoms with E-state index in [4.69, 9.17) is 0 Å². The molecule has 3 nitrogen and oxygen atoms in total. The first kappa shape index (κ1) is 8.37. The average molecular weight is 170 g/mol. The van der Waals surface area contributed by atoms with Crippen molar-refractivity contribution in [3.8, 4) is 0 Å². The van der Waals surface area contributed by atoms with Crippen LogP contribution in [0.15, 0.2) is 4.99 Å². The van der Waals surface area contributed by atoms with E-state index in [2.05, 4.69) is 27.7 Å². The second-order valence-corrected chi connectivity index (χ2v) is 2.93. The van der Waals surface area contributed by atoms with Gasteiger partial charge in [0.1, 0.15) is 0 Å². The van der Waals surface area contributed by atoms with Crippen LogP contribution in [0.1, 0.15) is 19.8 Å². The maximum atomic E-state index is 10.5. The number of nitrogens with one attached hydrogen (secondary N) is 1. The van der Waals surface area contributed by atoms with Crippen molar-refractivity contribution in [3.63, 3.8) is 0 Å². The number of hydrogen-bond donors (Lipinski definition) is 1. The monoisotopic (exact) mass is 170 g/mol. The largest absolute Gasteiger partial charge is 0.353 e. The van der Waals surface area contributed by atoms with E-state index < -0.39 is 0 Å². The van der Waals surface area contributed by atoms with Gasteiger partial charge in [-0.3, -0.25) is 4.79 Å². The van der Waals surface area contributed by atoms with Crippen molar-refractivity contribution >= 4 is 23.3 Å². The minimum absolute atomic E-state index is 0.0276. The molecule has 1 saturated carbocycles. The Morgan fingerprint density at radius 2 is 2.36 bits per heavy atom. The van der Waals surface area contributed by atoms with Gasteiger partial charge in [0.15, 0.2) is 0 Å². The third-order valence-electron chi connectivity index (χ3n) is 1.76. The minimum atomic E-state index is 0.0276. The maximum absolute atomic E-state index is 10.5. The summed E-state index contributed by atoms with van der Waals surface area (Å²) in [6.07, 6.45) is 1.81. The van der Waals surface area contributed by atoms with Gasteiger partial charge in [-0.1, -0.05) is 0 Å². The van der Waals surface area contributed by atoms with Crippen molar-refractivity contribution in [3.05, 3.63) is 0 Å². The van der Waals surface area contributed by atoms with Crippen molar-refractivity contribution in [2.24, 2.45) is 4.99 Å². The molecule has 4 heteroatoms. The highest BCUT2D eigenvalue weighted by molar-refractivity contribution is 7.78. The molecule has 0 saturated heterocycles. The molecule has 1 fully saturated rings. The van der Waals surface area contributed by atoms with E-state index in [-0.39, 0.29) is 5.91 Å². The summed E-state index contributed by atoms with van der Waals surface area (Å²) in [6, 6.07) is 0.606. The van der Waals surface area contributed by atoms with Crippen molar-refractivity contribution in [2.75, 3.05) is 0 Å². The fourth-order valence-electron chi connectivity index (χ4n) is 1.17. The summed E-state index contributed by atoms with van der Waals surface area (Å²) in [7, 11) is 0. The van der Waals surface area contributed by atoms with Crippen LogP contribution in [0.3, 0.4) is 0 Å². The lowest BCUT2D eigenvalue weighted by molar-refractivity contribution is -0.120. The normalized spacial score (nSPS) is 28.1. The minimum Gasteiger partial charge on any atom is -0.353 e. The first-order chi connectivity index (χ1) is 5.22. The van der Waals surface area contributed by atoms with Gasteiger partial charge in [0.25, 0.3) is 0 Å². The highest BCUT2D eigenvalue weighted by Crippen LogP contribution is 2.22. The third kappa shape index (κ3) is 2.41. The van der Waals surface area contributed by atoms with Crippen molar-refractivity contribution in [2.45, 2.75) is 31.8 Å². The van der Waals surface area contributed by atoms with Crippen molar-refractivity contribution in [1.29, 1.82) is 0 Å².